The number of rotatable bonds is 8. The highest BCUT2D eigenvalue weighted by Gasteiger charge is 2.41. The first-order chi connectivity index (χ1) is 19.3. The van der Waals surface area contributed by atoms with E-state index < -0.39 is 9.92 Å². The zero-order valence-electron chi connectivity index (χ0n) is 23.1. The van der Waals surface area contributed by atoms with Crippen LogP contribution in [-0.2, 0) is 20.5 Å². The largest absolute Gasteiger partial charge is 0.468 e. The van der Waals surface area contributed by atoms with Crippen molar-refractivity contribution in [1.82, 2.24) is 19.4 Å². The van der Waals surface area contributed by atoms with Crippen molar-refractivity contribution in [2.45, 2.75) is 50.3 Å². The van der Waals surface area contributed by atoms with E-state index in [1.165, 1.54) is 19.1 Å². The van der Waals surface area contributed by atoms with Crippen molar-refractivity contribution < 1.29 is 18.2 Å². The molecule has 2 amide bonds. The van der Waals surface area contributed by atoms with Gasteiger partial charge in [-0.15, -0.1) is 0 Å². The predicted molar refractivity (Wildman–Crippen MR) is 153 cm³/mol. The van der Waals surface area contributed by atoms with Gasteiger partial charge in [0.25, 0.3) is 5.91 Å². The van der Waals surface area contributed by atoms with E-state index in [4.69, 9.17) is 9.20 Å². The molecule has 2 fully saturated rings. The molecule has 3 aliphatic heterocycles. The first-order valence-electron chi connectivity index (χ1n) is 14.5. The van der Waals surface area contributed by atoms with Gasteiger partial charge in [-0.3, -0.25) is 9.59 Å². The fraction of sp³-hybridized carbons (Fsp3) is 0.533. The average Bonchev–Trinajstić information content (AvgIpc) is 3.56. The fourth-order valence-corrected chi connectivity index (χ4v) is 8.35. The van der Waals surface area contributed by atoms with Gasteiger partial charge in [0.05, 0.1) is 18.2 Å². The van der Waals surface area contributed by atoms with E-state index in [0.717, 1.165) is 48.4 Å². The molecule has 214 valence electrons. The Kier molecular flexibility index (Phi) is 7.58. The minimum Gasteiger partial charge on any atom is -0.468 e. The number of amides is 2. The summed E-state index contributed by atoms with van der Waals surface area (Å²) in [4.78, 5) is 31.3. The van der Waals surface area contributed by atoms with Crippen molar-refractivity contribution in [2.75, 3.05) is 39.8 Å². The smallest absolute Gasteiger partial charge is 0.254 e. The monoisotopic (exact) mass is 565 g/mol. The average molecular weight is 566 g/mol. The van der Waals surface area contributed by atoms with Gasteiger partial charge in [-0.1, -0.05) is 18.2 Å². The maximum atomic E-state index is 13.4. The quantitative estimate of drug-likeness (QED) is 0.498. The van der Waals surface area contributed by atoms with Gasteiger partial charge in [0.1, 0.15) is 21.4 Å². The molecule has 0 radical (unpaired) electrons. The molecule has 2 N–H and O–H groups in total. The fourth-order valence-electron chi connectivity index (χ4n) is 6.77. The second kappa shape index (κ2) is 11.1. The van der Waals surface area contributed by atoms with Gasteiger partial charge in [-0.25, -0.2) is 13.3 Å². The third kappa shape index (κ3) is 5.36. The molecule has 2 saturated heterocycles. The molecule has 2 unspecified atom stereocenters. The lowest BCUT2D eigenvalue weighted by Crippen LogP contribution is -2.45. The second-order valence-electron chi connectivity index (χ2n) is 11.8. The Morgan fingerprint density at radius 2 is 1.93 bits per heavy atom. The van der Waals surface area contributed by atoms with Gasteiger partial charge in [-0.05, 0) is 88.3 Å². The molecule has 4 aliphatic rings. The Hall–Kier alpha value is -2.95. The van der Waals surface area contributed by atoms with E-state index >= 15 is 0 Å². The van der Waals surface area contributed by atoms with E-state index in [9.17, 15) is 13.8 Å². The lowest BCUT2D eigenvalue weighted by molar-refractivity contribution is -0.124. The van der Waals surface area contributed by atoms with Crippen LogP contribution in [0.2, 0.25) is 0 Å². The number of hydrogen-bond donors (Lipinski definition) is 2. The second-order valence-corrected chi connectivity index (χ2v) is 13.8. The molecule has 1 aromatic carbocycles. The molecule has 3 atom stereocenters. The highest BCUT2D eigenvalue weighted by atomic mass is 32.2. The van der Waals surface area contributed by atoms with E-state index in [2.05, 4.69) is 23.3 Å². The summed E-state index contributed by atoms with van der Waals surface area (Å²) in [6, 6.07) is 9.29. The number of carbonyl (C=O) groups is 2. The van der Waals surface area contributed by atoms with Crippen molar-refractivity contribution in [3.8, 4) is 0 Å². The third-order valence-electron chi connectivity index (χ3n) is 9.11. The lowest BCUT2D eigenvalue weighted by atomic mass is 9.88. The third-order valence-corrected chi connectivity index (χ3v) is 10.9. The molecule has 40 heavy (non-hydrogen) atoms. The summed E-state index contributed by atoms with van der Waals surface area (Å²) in [6.07, 6.45) is 9.05. The van der Waals surface area contributed by atoms with E-state index in [1.54, 1.807) is 16.4 Å². The standard InChI is InChI=1S/C30H39N5O4S/c1-33-15-11-21(12-16-33)13-17-35-27-10-9-26(24-7-2-8-25(28(24)27)30(35)37)32-29(36)22-5-3-14-34(19-22)40(31,38)20-23-6-4-18-39-23/h2,4,6-9,18,21-22,27,31H,3,5,10-17,19-20H2,1H3,(H,32,36)/t22?,27-,40?/m1/s1. The van der Waals surface area contributed by atoms with Crippen LogP contribution in [0.25, 0.3) is 5.70 Å². The van der Waals surface area contributed by atoms with Gasteiger partial charge in [-0.2, -0.15) is 0 Å². The molecule has 6 rings (SSSR count). The van der Waals surface area contributed by atoms with Gasteiger partial charge in [0, 0.05) is 36.5 Å². The molecule has 4 heterocycles. The van der Waals surface area contributed by atoms with E-state index in [-0.39, 0.29) is 36.1 Å². The minimum absolute atomic E-state index is 0.0133. The van der Waals surface area contributed by atoms with Gasteiger partial charge in [0.2, 0.25) is 5.91 Å². The number of hydrogen-bond acceptors (Lipinski definition) is 6. The maximum Gasteiger partial charge on any atom is 0.254 e. The Bertz CT molecular complexity index is 1400. The van der Waals surface area contributed by atoms with Crippen molar-refractivity contribution in [1.29, 1.82) is 4.78 Å². The Balaban J connectivity index is 1.12. The van der Waals surface area contributed by atoms with Crippen LogP contribution in [0.15, 0.2) is 47.1 Å². The topological polar surface area (TPSA) is 110 Å². The van der Waals surface area contributed by atoms with Crippen molar-refractivity contribution in [2.24, 2.45) is 11.8 Å². The Morgan fingerprint density at radius 1 is 1.12 bits per heavy atom. The highest BCUT2D eigenvalue weighted by molar-refractivity contribution is 7.89. The normalized spacial score (nSPS) is 25.4. The number of benzene rings is 1. The number of likely N-dealkylation sites (tertiary alicyclic amines) is 1. The van der Waals surface area contributed by atoms with Crippen LogP contribution in [0.3, 0.4) is 0 Å². The van der Waals surface area contributed by atoms with Crippen molar-refractivity contribution in [3.63, 3.8) is 0 Å². The van der Waals surface area contributed by atoms with E-state index in [1.807, 2.05) is 23.1 Å². The molecule has 9 nitrogen and oxygen atoms in total. The Labute approximate surface area is 236 Å². The van der Waals surface area contributed by atoms with Gasteiger partial charge < -0.3 is 19.5 Å². The first kappa shape index (κ1) is 27.2. The van der Waals surface area contributed by atoms with Crippen molar-refractivity contribution in [3.05, 3.63) is 65.1 Å². The van der Waals surface area contributed by atoms with Gasteiger partial charge in [0.15, 0.2) is 0 Å². The molecule has 10 heteroatoms. The summed E-state index contributed by atoms with van der Waals surface area (Å²) in [5, 5.41) is 3.14. The summed E-state index contributed by atoms with van der Waals surface area (Å²) in [5.41, 5.74) is 3.46. The number of nitrogens with zero attached hydrogens (tertiary/aromatic N) is 3. The molecule has 0 bridgehead atoms. The van der Waals surface area contributed by atoms with Crippen LogP contribution < -0.4 is 5.32 Å². The SMILES string of the molecule is CN1CCC(CCN2C(=O)c3cccc4c3[C@H]2CC=C4NC(=O)C2CCCN(S(=N)(=O)Cc3ccco3)C2)CC1. The molecule has 0 spiro atoms. The summed E-state index contributed by atoms with van der Waals surface area (Å²) in [6.45, 7) is 3.82. The predicted octanol–water partition coefficient (Wildman–Crippen LogP) is 4.24. The van der Waals surface area contributed by atoms with Crippen LogP contribution in [-0.4, -0.2) is 69.9 Å². The molecular weight excluding hydrogens is 526 g/mol. The van der Waals surface area contributed by atoms with Crippen LogP contribution in [0, 0.1) is 16.6 Å². The minimum atomic E-state index is -3.09. The number of carbonyl (C=O) groups excluding carboxylic acids is 2. The van der Waals surface area contributed by atoms with E-state index in [0.29, 0.717) is 37.5 Å². The van der Waals surface area contributed by atoms with Gasteiger partial charge >= 0.3 is 0 Å². The molecule has 2 aromatic rings. The highest BCUT2D eigenvalue weighted by Crippen LogP contribution is 2.44. The molecular formula is C30H39N5O4S. The van der Waals surface area contributed by atoms with Crippen LogP contribution in [0.5, 0.6) is 0 Å². The van der Waals surface area contributed by atoms with Crippen LogP contribution in [0.4, 0.5) is 0 Å². The zero-order valence-corrected chi connectivity index (χ0v) is 24.0. The lowest BCUT2D eigenvalue weighted by Gasteiger charge is -2.34. The maximum absolute atomic E-state index is 13.4. The van der Waals surface area contributed by atoms with Crippen LogP contribution in [0.1, 0.15) is 71.8 Å². The van der Waals surface area contributed by atoms with Crippen LogP contribution >= 0.6 is 0 Å². The number of furan rings is 1. The number of nitrogens with one attached hydrogen (secondary N) is 2. The number of piperidine rings is 2. The zero-order chi connectivity index (χ0) is 27.9. The summed E-state index contributed by atoms with van der Waals surface area (Å²) >= 11 is 0. The first-order valence-corrected chi connectivity index (χ1v) is 16.2. The molecule has 1 aromatic heterocycles. The summed E-state index contributed by atoms with van der Waals surface area (Å²) in [5.74, 6) is 0.804. The summed E-state index contributed by atoms with van der Waals surface area (Å²) < 4.78 is 28.6. The molecule has 1 aliphatic carbocycles. The summed E-state index contributed by atoms with van der Waals surface area (Å²) in [7, 11) is -0.918. The Morgan fingerprint density at radius 3 is 2.70 bits per heavy atom. The molecule has 0 saturated carbocycles. The van der Waals surface area contributed by atoms with Crippen molar-refractivity contribution >= 4 is 27.4 Å².